The second-order valence-electron chi connectivity index (χ2n) is 4.85. The van der Waals surface area contributed by atoms with Gasteiger partial charge in [-0.2, -0.15) is 0 Å². The number of hydrogen-bond acceptors (Lipinski definition) is 2. The van der Waals surface area contributed by atoms with Crippen molar-refractivity contribution in [1.82, 2.24) is 4.90 Å². The van der Waals surface area contributed by atoms with Crippen molar-refractivity contribution in [2.24, 2.45) is 0 Å². The minimum atomic E-state index is 0.504. The minimum absolute atomic E-state index is 0.504. The van der Waals surface area contributed by atoms with Gasteiger partial charge in [-0.15, -0.1) is 0 Å². The summed E-state index contributed by atoms with van der Waals surface area (Å²) in [7, 11) is 0. The Bertz CT molecular complexity index is 372. The van der Waals surface area contributed by atoms with E-state index in [4.69, 9.17) is 0 Å². The van der Waals surface area contributed by atoms with E-state index in [1.807, 2.05) is 0 Å². The molecule has 0 aromatic heterocycles. The molecular formula is C16H24N2. The van der Waals surface area contributed by atoms with Gasteiger partial charge in [0.15, 0.2) is 0 Å². The second kappa shape index (κ2) is 6.48. The van der Waals surface area contributed by atoms with Crippen LogP contribution < -0.4 is 4.90 Å². The molecule has 0 fully saturated rings. The summed E-state index contributed by atoms with van der Waals surface area (Å²) in [5.41, 5.74) is 1.30. The highest BCUT2D eigenvalue weighted by Gasteiger charge is 2.25. The average Bonchev–Trinajstić information content (AvgIpc) is 2.83. The standard InChI is InChI=1S/C16H24N2/c1-3-5-7-12-16-17(4-2)13-14-18(16)15-10-8-6-9-11-15/h6,8-11,13-14,16H,3-5,7,12H2,1-2H3. The zero-order valence-electron chi connectivity index (χ0n) is 11.5. The number of hydrogen-bond donors (Lipinski definition) is 0. The summed E-state index contributed by atoms with van der Waals surface area (Å²) in [6.45, 7) is 5.57. The van der Waals surface area contributed by atoms with E-state index in [0.717, 1.165) is 6.54 Å². The van der Waals surface area contributed by atoms with Gasteiger partial charge in [-0.3, -0.25) is 0 Å². The number of benzene rings is 1. The summed E-state index contributed by atoms with van der Waals surface area (Å²) in [5.74, 6) is 0. The van der Waals surface area contributed by atoms with E-state index >= 15 is 0 Å². The van der Waals surface area contributed by atoms with E-state index < -0.39 is 0 Å². The fourth-order valence-corrected chi connectivity index (χ4v) is 2.57. The minimum Gasteiger partial charge on any atom is -0.356 e. The molecule has 0 amide bonds. The smallest absolute Gasteiger partial charge is 0.105 e. The van der Waals surface area contributed by atoms with E-state index in [1.165, 1.54) is 31.4 Å². The molecular weight excluding hydrogens is 220 g/mol. The summed E-state index contributed by atoms with van der Waals surface area (Å²) in [5, 5.41) is 0. The molecule has 1 aromatic rings. The molecule has 0 saturated heterocycles. The van der Waals surface area contributed by atoms with Crippen molar-refractivity contribution in [1.29, 1.82) is 0 Å². The molecule has 0 saturated carbocycles. The molecule has 0 N–H and O–H groups in total. The van der Waals surface area contributed by atoms with Crippen LogP contribution in [0.5, 0.6) is 0 Å². The van der Waals surface area contributed by atoms with Gasteiger partial charge in [0.1, 0.15) is 6.17 Å². The van der Waals surface area contributed by atoms with Crippen LogP contribution in [0.15, 0.2) is 42.7 Å². The predicted octanol–water partition coefficient (Wildman–Crippen LogP) is 4.21. The van der Waals surface area contributed by atoms with Gasteiger partial charge in [-0.25, -0.2) is 0 Å². The van der Waals surface area contributed by atoms with Crippen LogP contribution in [0.3, 0.4) is 0 Å². The third kappa shape index (κ3) is 2.87. The highest BCUT2D eigenvalue weighted by atomic mass is 15.4. The first-order chi connectivity index (χ1) is 8.86. The fraction of sp³-hybridized carbons (Fsp3) is 0.500. The van der Waals surface area contributed by atoms with Gasteiger partial charge in [0.2, 0.25) is 0 Å². The highest BCUT2D eigenvalue weighted by molar-refractivity contribution is 5.51. The molecule has 18 heavy (non-hydrogen) atoms. The number of rotatable bonds is 6. The molecule has 0 bridgehead atoms. The third-order valence-electron chi connectivity index (χ3n) is 3.61. The van der Waals surface area contributed by atoms with E-state index in [1.54, 1.807) is 0 Å². The Hall–Kier alpha value is -1.44. The normalized spacial score (nSPS) is 18.7. The SMILES string of the molecule is CCCCCC1N(CC)C=CN1c1ccccc1. The van der Waals surface area contributed by atoms with Crippen molar-refractivity contribution in [3.05, 3.63) is 42.7 Å². The number of nitrogens with zero attached hydrogens (tertiary/aromatic N) is 2. The summed E-state index contributed by atoms with van der Waals surface area (Å²) in [4.78, 5) is 4.84. The van der Waals surface area contributed by atoms with Gasteiger partial charge in [-0.05, 0) is 31.9 Å². The van der Waals surface area contributed by atoms with Gasteiger partial charge in [0.25, 0.3) is 0 Å². The lowest BCUT2D eigenvalue weighted by molar-refractivity contribution is 0.292. The maximum absolute atomic E-state index is 2.43. The van der Waals surface area contributed by atoms with E-state index in [9.17, 15) is 0 Å². The van der Waals surface area contributed by atoms with Gasteiger partial charge < -0.3 is 9.80 Å². The second-order valence-corrected chi connectivity index (χ2v) is 4.85. The van der Waals surface area contributed by atoms with Crippen LogP contribution in [0.1, 0.15) is 39.5 Å². The van der Waals surface area contributed by atoms with Crippen molar-refractivity contribution in [3.8, 4) is 0 Å². The zero-order valence-corrected chi connectivity index (χ0v) is 11.5. The molecule has 1 atom stereocenters. The quantitative estimate of drug-likeness (QED) is 0.692. The van der Waals surface area contributed by atoms with Crippen LogP contribution in [-0.4, -0.2) is 17.6 Å². The third-order valence-corrected chi connectivity index (χ3v) is 3.61. The van der Waals surface area contributed by atoms with Crippen LogP contribution in [-0.2, 0) is 0 Å². The lowest BCUT2D eigenvalue weighted by atomic mass is 10.1. The molecule has 1 aromatic carbocycles. The van der Waals surface area contributed by atoms with Crippen molar-refractivity contribution < 1.29 is 0 Å². The Morgan fingerprint density at radius 2 is 1.78 bits per heavy atom. The molecule has 1 aliphatic rings. The Labute approximate surface area is 111 Å². The lowest BCUT2D eigenvalue weighted by Crippen LogP contribution is -2.38. The van der Waals surface area contributed by atoms with Gasteiger partial charge >= 0.3 is 0 Å². The van der Waals surface area contributed by atoms with Crippen molar-refractivity contribution in [3.63, 3.8) is 0 Å². The van der Waals surface area contributed by atoms with Crippen molar-refractivity contribution >= 4 is 5.69 Å². The van der Waals surface area contributed by atoms with Crippen LogP contribution in [0.4, 0.5) is 5.69 Å². The molecule has 1 heterocycles. The van der Waals surface area contributed by atoms with E-state index in [0.29, 0.717) is 6.17 Å². The number of anilines is 1. The summed E-state index contributed by atoms with van der Waals surface area (Å²) < 4.78 is 0. The average molecular weight is 244 g/mol. The largest absolute Gasteiger partial charge is 0.356 e. The van der Waals surface area contributed by atoms with E-state index in [2.05, 4.69) is 66.4 Å². The molecule has 98 valence electrons. The van der Waals surface area contributed by atoms with Crippen LogP contribution in [0.25, 0.3) is 0 Å². The molecule has 2 heteroatoms. The summed E-state index contributed by atoms with van der Waals surface area (Å²) in [6.07, 6.45) is 10.1. The molecule has 0 aliphatic carbocycles. The molecule has 1 unspecified atom stereocenters. The van der Waals surface area contributed by atoms with Crippen LogP contribution in [0, 0.1) is 0 Å². The maximum Gasteiger partial charge on any atom is 0.105 e. The Kier molecular flexibility index (Phi) is 4.68. The summed E-state index contributed by atoms with van der Waals surface area (Å²) >= 11 is 0. The van der Waals surface area contributed by atoms with E-state index in [-0.39, 0.29) is 0 Å². The monoisotopic (exact) mass is 244 g/mol. The zero-order chi connectivity index (χ0) is 12.8. The van der Waals surface area contributed by atoms with Gasteiger partial charge in [0, 0.05) is 24.6 Å². The lowest BCUT2D eigenvalue weighted by Gasteiger charge is -2.32. The van der Waals surface area contributed by atoms with Gasteiger partial charge in [-0.1, -0.05) is 38.0 Å². The fourth-order valence-electron chi connectivity index (χ4n) is 2.57. The first-order valence-electron chi connectivity index (χ1n) is 7.14. The molecule has 1 aliphatic heterocycles. The Morgan fingerprint density at radius 3 is 2.44 bits per heavy atom. The first kappa shape index (κ1) is 13.0. The Balaban J connectivity index is 2.06. The van der Waals surface area contributed by atoms with Crippen LogP contribution in [0.2, 0.25) is 0 Å². The molecule has 0 spiro atoms. The topological polar surface area (TPSA) is 6.48 Å². The molecule has 2 nitrogen and oxygen atoms in total. The molecule has 2 rings (SSSR count). The summed E-state index contributed by atoms with van der Waals surface area (Å²) in [6, 6.07) is 10.7. The predicted molar refractivity (Wildman–Crippen MR) is 78.4 cm³/mol. The number of para-hydroxylation sites is 1. The number of unbranched alkanes of at least 4 members (excludes halogenated alkanes) is 2. The van der Waals surface area contributed by atoms with Gasteiger partial charge in [0.05, 0.1) is 0 Å². The first-order valence-corrected chi connectivity index (χ1v) is 7.14. The van der Waals surface area contributed by atoms with Crippen LogP contribution >= 0.6 is 0 Å². The maximum atomic E-state index is 2.43. The van der Waals surface area contributed by atoms with Crippen molar-refractivity contribution in [2.45, 2.75) is 45.7 Å². The highest BCUT2D eigenvalue weighted by Crippen LogP contribution is 2.27. The molecule has 0 radical (unpaired) electrons. The Morgan fingerprint density at radius 1 is 1.00 bits per heavy atom. The van der Waals surface area contributed by atoms with Crippen molar-refractivity contribution in [2.75, 3.05) is 11.4 Å².